The van der Waals surface area contributed by atoms with E-state index in [0.29, 0.717) is 0 Å². The molecule has 1 aromatic carbocycles. The van der Waals surface area contributed by atoms with Gasteiger partial charge < -0.3 is 24.6 Å². The smallest absolute Gasteiger partial charge is 0.424 e. The Hall–Kier alpha value is -3.45. The predicted molar refractivity (Wildman–Crippen MR) is 131 cm³/mol. The van der Waals surface area contributed by atoms with Crippen LogP contribution in [0.5, 0.6) is 17.2 Å². The second kappa shape index (κ2) is 13.1. The van der Waals surface area contributed by atoms with Crippen LogP contribution in [-0.4, -0.2) is 56.0 Å². The first-order valence-electron chi connectivity index (χ1n) is 11.1. The lowest BCUT2D eigenvalue weighted by molar-refractivity contribution is -0.265. The van der Waals surface area contributed by atoms with Crippen molar-refractivity contribution in [1.82, 2.24) is 10.3 Å². The number of amides is 1. The fourth-order valence-corrected chi connectivity index (χ4v) is 3.37. The van der Waals surface area contributed by atoms with Crippen LogP contribution in [0.3, 0.4) is 0 Å². The summed E-state index contributed by atoms with van der Waals surface area (Å²) < 4.78 is 95.7. The first-order chi connectivity index (χ1) is 18.1. The second-order valence-electron chi connectivity index (χ2n) is 8.06. The lowest BCUT2D eigenvalue weighted by atomic mass is 9.96. The number of nitrogens with zero attached hydrogens (tertiary/aromatic N) is 1. The summed E-state index contributed by atoms with van der Waals surface area (Å²) in [6.45, 7) is 0.184. The van der Waals surface area contributed by atoms with E-state index < -0.39 is 48.8 Å². The zero-order chi connectivity index (χ0) is 29.5. The summed E-state index contributed by atoms with van der Waals surface area (Å²) >= 11 is 5.80. The number of benzene rings is 1. The lowest BCUT2D eigenvalue weighted by Gasteiger charge is -2.30. The molecule has 0 aliphatic rings. The molecule has 7 nitrogen and oxygen atoms in total. The van der Waals surface area contributed by atoms with Gasteiger partial charge in [-0.1, -0.05) is 11.6 Å². The number of rotatable bonds is 11. The molecule has 39 heavy (non-hydrogen) atoms. The molecular formula is C25H25ClF6N2O5. The summed E-state index contributed by atoms with van der Waals surface area (Å²) in [5, 5.41) is 12.4. The highest BCUT2D eigenvalue weighted by molar-refractivity contribution is 6.31. The monoisotopic (exact) mass is 582 g/mol. The maximum atomic E-state index is 14.1. The number of methoxy groups -OCH3 is 2. The average Bonchev–Trinajstić information content (AvgIpc) is 2.88. The van der Waals surface area contributed by atoms with Crippen molar-refractivity contribution >= 4 is 23.1 Å². The molecule has 0 bridgehead atoms. The van der Waals surface area contributed by atoms with Crippen LogP contribution in [0, 0.1) is 0 Å². The number of halogens is 7. The molecule has 2 rings (SSSR count). The largest absolute Gasteiger partial charge is 0.494 e. The van der Waals surface area contributed by atoms with Gasteiger partial charge in [-0.25, -0.2) is 18.2 Å². The van der Waals surface area contributed by atoms with Crippen molar-refractivity contribution in [3.05, 3.63) is 64.2 Å². The highest BCUT2D eigenvalue weighted by Crippen LogP contribution is 2.39. The van der Waals surface area contributed by atoms with E-state index in [1.165, 1.54) is 21.1 Å². The number of nitrogens with one attached hydrogen (secondary N) is 1. The summed E-state index contributed by atoms with van der Waals surface area (Å²) in [5.74, 6) is -2.00. The summed E-state index contributed by atoms with van der Waals surface area (Å²) in [6.07, 6.45) is -6.96. The van der Waals surface area contributed by atoms with Crippen LogP contribution in [0.4, 0.5) is 26.3 Å². The van der Waals surface area contributed by atoms with E-state index in [2.05, 4.69) is 4.98 Å². The van der Waals surface area contributed by atoms with Gasteiger partial charge in [0.25, 0.3) is 12.3 Å². The van der Waals surface area contributed by atoms with Crippen LogP contribution in [-0.2, 0) is 5.60 Å². The predicted octanol–water partition coefficient (Wildman–Crippen LogP) is 5.77. The summed E-state index contributed by atoms with van der Waals surface area (Å²) in [4.78, 5) is 16.5. The molecule has 2 aromatic rings. The molecule has 214 valence electrons. The highest BCUT2D eigenvalue weighted by atomic mass is 35.5. The van der Waals surface area contributed by atoms with Crippen LogP contribution in [0.25, 0.3) is 5.57 Å². The Morgan fingerprint density at radius 2 is 1.72 bits per heavy atom. The zero-order valence-corrected chi connectivity index (χ0v) is 21.9. The molecule has 1 unspecified atom stereocenters. The Labute approximate surface area is 225 Å². The second-order valence-corrected chi connectivity index (χ2v) is 8.47. The molecule has 1 aromatic heterocycles. The molecule has 2 N–H and O–H groups in total. The molecular weight excluding hydrogens is 558 g/mol. The van der Waals surface area contributed by atoms with Crippen LogP contribution >= 0.6 is 11.6 Å². The van der Waals surface area contributed by atoms with E-state index in [9.17, 15) is 36.2 Å². The molecule has 0 saturated heterocycles. The molecule has 0 fully saturated rings. The number of aromatic nitrogens is 1. The van der Waals surface area contributed by atoms with E-state index >= 15 is 0 Å². The fraction of sp³-hybridized carbons (Fsp3) is 0.360. The molecule has 0 spiro atoms. The fourth-order valence-electron chi connectivity index (χ4n) is 3.21. The van der Waals surface area contributed by atoms with Gasteiger partial charge in [-0.05, 0) is 55.8 Å². The van der Waals surface area contributed by atoms with Crippen molar-refractivity contribution in [3.63, 3.8) is 0 Å². The SMILES string of the molecule is COc1cc(C(=O)NCC(O)(c2ccc(OC)c(/C(C)=C/C(Cl)=C(\C)F)n2)C(F)(F)F)ccc1OCC(F)F. The van der Waals surface area contributed by atoms with Crippen LogP contribution in [0.15, 0.2) is 47.3 Å². The van der Waals surface area contributed by atoms with E-state index in [1.54, 1.807) is 0 Å². The summed E-state index contributed by atoms with van der Waals surface area (Å²) in [7, 11) is 2.41. The van der Waals surface area contributed by atoms with Gasteiger partial charge in [-0.2, -0.15) is 13.2 Å². The van der Waals surface area contributed by atoms with Gasteiger partial charge in [-0.3, -0.25) is 4.79 Å². The third-order valence-corrected chi connectivity index (χ3v) is 5.68. The number of hydrogen-bond donors (Lipinski definition) is 2. The number of aliphatic hydroxyl groups is 1. The number of allylic oxidation sites excluding steroid dienone is 4. The maximum absolute atomic E-state index is 14.1. The molecule has 0 aliphatic carbocycles. The number of ether oxygens (including phenoxy) is 3. The number of carbonyl (C=O) groups excluding carboxylic acids is 1. The molecule has 14 heteroatoms. The van der Waals surface area contributed by atoms with Gasteiger partial charge in [0, 0.05) is 5.56 Å². The van der Waals surface area contributed by atoms with Crippen molar-refractivity contribution in [2.45, 2.75) is 32.1 Å². The average molecular weight is 583 g/mol. The first-order valence-corrected chi connectivity index (χ1v) is 11.4. The third-order valence-electron chi connectivity index (χ3n) is 5.31. The standard InChI is InChI=1S/C25H25ClF6N2O5/c1-13(9-16(26)14(2)27)22-18(37-3)7-8-20(34-22)24(36,25(30,31)32)12-33-23(35)15-5-6-17(19(10-15)38-4)39-11-21(28)29/h5-10,21,36H,11-12H2,1-4H3,(H,33,35)/b13-9+,16-14-. The quantitative estimate of drug-likeness (QED) is 0.258. The number of pyridine rings is 1. The van der Waals surface area contributed by atoms with Crippen molar-refractivity contribution in [1.29, 1.82) is 0 Å². The van der Waals surface area contributed by atoms with E-state index in [1.807, 2.05) is 5.32 Å². The minimum atomic E-state index is -5.31. The summed E-state index contributed by atoms with van der Waals surface area (Å²) in [6, 6.07) is 5.32. The van der Waals surface area contributed by atoms with Gasteiger partial charge in [-0.15, -0.1) is 0 Å². The normalized spacial score (nSPS) is 14.4. The van der Waals surface area contributed by atoms with E-state index in [0.717, 1.165) is 43.3 Å². The van der Waals surface area contributed by atoms with Gasteiger partial charge in [0.1, 0.15) is 23.9 Å². The van der Waals surface area contributed by atoms with Crippen LogP contribution in [0.2, 0.25) is 0 Å². The van der Waals surface area contributed by atoms with E-state index in [-0.39, 0.29) is 39.1 Å². The lowest BCUT2D eigenvalue weighted by Crippen LogP contribution is -2.51. The Kier molecular flexibility index (Phi) is 10.6. The first kappa shape index (κ1) is 31.8. The molecule has 0 aliphatic heterocycles. The number of carbonyl (C=O) groups is 1. The van der Waals surface area contributed by atoms with Gasteiger partial charge >= 0.3 is 6.18 Å². The van der Waals surface area contributed by atoms with Gasteiger partial charge in [0.15, 0.2) is 11.5 Å². The summed E-state index contributed by atoms with van der Waals surface area (Å²) in [5.41, 5.74) is -4.78. The number of alkyl halides is 5. The molecule has 1 atom stereocenters. The minimum Gasteiger partial charge on any atom is -0.494 e. The van der Waals surface area contributed by atoms with Crippen molar-refractivity contribution in [3.8, 4) is 17.2 Å². The van der Waals surface area contributed by atoms with Crippen molar-refractivity contribution in [2.24, 2.45) is 0 Å². The van der Waals surface area contributed by atoms with Crippen molar-refractivity contribution < 1.29 is 50.5 Å². The van der Waals surface area contributed by atoms with Gasteiger partial charge in [0.2, 0.25) is 5.60 Å². The molecule has 1 amide bonds. The Morgan fingerprint density at radius 3 is 2.26 bits per heavy atom. The zero-order valence-electron chi connectivity index (χ0n) is 21.1. The van der Waals surface area contributed by atoms with Crippen molar-refractivity contribution in [2.75, 3.05) is 27.4 Å². The third kappa shape index (κ3) is 7.79. The van der Waals surface area contributed by atoms with Crippen LogP contribution < -0.4 is 19.5 Å². The minimum absolute atomic E-state index is 0.0169. The molecule has 0 saturated carbocycles. The topological polar surface area (TPSA) is 89.9 Å². The molecule has 0 radical (unpaired) electrons. The van der Waals surface area contributed by atoms with Crippen LogP contribution in [0.1, 0.15) is 35.6 Å². The molecule has 1 heterocycles. The van der Waals surface area contributed by atoms with E-state index in [4.69, 9.17) is 25.8 Å². The number of hydrogen-bond acceptors (Lipinski definition) is 6. The maximum Gasteiger partial charge on any atom is 0.424 e. The van der Waals surface area contributed by atoms with Gasteiger partial charge in [0.05, 0.1) is 31.5 Å². The Morgan fingerprint density at radius 1 is 1.10 bits per heavy atom. The Bertz CT molecular complexity index is 1250. The Balaban J connectivity index is 2.42. The highest BCUT2D eigenvalue weighted by Gasteiger charge is 2.56.